The van der Waals surface area contributed by atoms with Gasteiger partial charge < -0.3 is 47.5 Å². The number of hydrogen-bond donors (Lipinski definition) is 6. The predicted molar refractivity (Wildman–Crippen MR) is 216 cm³/mol. The number of unbranched alkanes of at least 4 members (excludes halogenated alkanes) is 1. The van der Waals surface area contributed by atoms with Crippen LogP contribution in [-0.4, -0.2) is 97.5 Å². The van der Waals surface area contributed by atoms with Crippen LogP contribution in [0.15, 0.2) is 109 Å². The topological polar surface area (TPSA) is 234 Å². The molecule has 1 aromatic heterocycles. The first-order chi connectivity index (χ1) is 26.5. The Kier molecular flexibility index (Phi) is 25.6. The Morgan fingerprint density at radius 2 is 1.38 bits per heavy atom. The second-order valence-electron chi connectivity index (χ2n) is 11.7. The minimum atomic E-state index is -0.978. The van der Waals surface area contributed by atoms with Crippen molar-refractivity contribution in [3.63, 3.8) is 0 Å². The number of hydrogen-bond acceptors (Lipinski definition) is 9. The first kappa shape index (κ1) is 48.9. The quantitative estimate of drug-likeness (QED) is 0.0342. The fourth-order valence-corrected chi connectivity index (χ4v) is 6.39. The average Bonchev–Trinajstić information content (AvgIpc) is 3.22. The molecule has 17 heteroatoms. The minimum absolute atomic E-state index is 0. The molecule has 0 bridgehead atoms. The molecule has 1 unspecified atom stereocenters. The predicted octanol–water partition coefficient (Wildman–Crippen LogP) is 3.93. The molecule has 0 saturated heterocycles. The van der Waals surface area contributed by atoms with E-state index in [0.717, 1.165) is 0 Å². The number of carbonyl (C=O) groups is 5. The molecule has 7 N–H and O–H groups in total. The molecule has 2 amide bonds. The van der Waals surface area contributed by atoms with Crippen molar-refractivity contribution in [2.45, 2.75) is 25.3 Å². The average molecular weight is 873 g/mol. The van der Waals surface area contributed by atoms with E-state index in [4.69, 9.17) is 20.8 Å². The SMILES string of the molecule is COC(=O)C(CCCCNC(=O)c1ccccc1)NC(=O)c1ccc(N[NH-])nc1.C[PH+](c1ccccc1)c1ccccc1.O=C(O)C[N-]CCNCC(=O)O.[Tc]. The molecular weight excluding hydrogens is 823 g/mol. The number of carboxylic acids is 2. The van der Waals surface area contributed by atoms with Crippen molar-refractivity contribution >= 4 is 54.1 Å². The number of ether oxygens (including phenoxy) is 1. The molecule has 56 heavy (non-hydrogen) atoms. The molecule has 0 fully saturated rings. The Balaban J connectivity index is 0.000000481. The zero-order valence-corrected chi connectivity index (χ0v) is 34.1. The fourth-order valence-electron chi connectivity index (χ4n) is 4.67. The van der Waals surface area contributed by atoms with E-state index in [2.05, 4.69) is 99.0 Å². The molecule has 0 aliphatic heterocycles. The fraction of sp³-hybridized carbons (Fsp3) is 0.282. The Labute approximate surface area is 341 Å². The van der Waals surface area contributed by atoms with Crippen LogP contribution >= 0.6 is 7.92 Å². The van der Waals surface area contributed by atoms with Crippen LogP contribution in [0.5, 0.6) is 0 Å². The number of benzene rings is 3. The summed E-state index contributed by atoms with van der Waals surface area (Å²) in [5.41, 5.74) is 2.98. The summed E-state index contributed by atoms with van der Waals surface area (Å²) in [5, 5.41) is 30.9. The van der Waals surface area contributed by atoms with Gasteiger partial charge in [0.25, 0.3) is 17.8 Å². The van der Waals surface area contributed by atoms with Crippen LogP contribution in [0, 0.1) is 0 Å². The van der Waals surface area contributed by atoms with Gasteiger partial charge in [-0.25, -0.2) is 9.78 Å². The molecule has 3 aromatic carbocycles. The number of nitrogens with zero attached hydrogens (tertiary/aromatic N) is 2. The summed E-state index contributed by atoms with van der Waals surface area (Å²) in [6.45, 7) is 3.16. The largest absolute Gasteiger partial charge is 0.652 e. The smallest absolute Gasteiger partial charge is 0.328 e. The van der Waals surface area contributed by atoms with Gasteiger partial charge in [0.1, 0.15) is 11.9 Å². The van der Waals surface area contributed by atoms with Gasteiger partial charge in [-0.05, 0) is 80.9 Å². The van der Waals surface area contributed by atoms with Crippen molar-refractivity contribution in [2.75, 3.05) is 51.9 Å². The number of nitrogens with one attached hydrogen (secondary N) is 5. The number of carbonyl (C=O) groups excluding carboxylic acids is 3. The standard InChI is InChI=1S/C20H24N5O4.C13H13P.C6H11N2O4.Tc/c1-29-20(28)16(24-19(27)15-10-11-17(25-21)23-13-15)9-5-6-12-22-18(26)14-7-3-2-4-8-14;1-14(12-8-4-2-5-9-12)13-10-6-3-7-11-13;9-5(10)3-7-1-2-8-4-6(11)12;/h2-4,7-8,10-11,13,16,21H,5-6,9,12H2,1H3,(H,22,26)(H2,23,24,25,27);2-11H,1H3;7H,1-4H2,(H,9,10)(H,11,12);/q-1;;-1;/p+1. The van der Waals surface area contributed by atoms with Crippen LogP contribution in [0.2, 0.25) is 0 Å². The third-order valence-corrected chi connectivity index (χ3v) is 9.97. The number of rotatable bonds is 19. The number of aliphatic carboxylic acids is 2. The molecule has 1 radical (unpaired) electrons. The summed E-state index contributed by atoms with van der Waals surface area (Å²) >= 11 is 0. The van der Waals surface area contributed by atoms with E-state index in [1.54, 1.807) is 24.3 Å². The molecule has 0 saturated carbocycles. The second-order valence-corrected chi connectivity index (χ2v) is 14.1. The van der Waals surface area contributed by atoms with Crippen molar-refractivity contribution in [3.8, 4) is 0 Å². The van der Waals surface area contributed by atoms with E-state index < -0.39 is 37.8 Å². The van der Waals surface area contributed by atoms with Gasteiger partial charge in [0.2, 0.25) is 0 Å². The zero-order valence-electron chi connectivity index (χ0n) is 31.2. The maximum absolute atomic E-state index is 12.3. The Morgan fingerprint density at radius 3 is 1.88 bits per heavy atom. The number of aromatic nitrogens is 1. The summed E-state index contributed by atoms with van der Waals surface area (Å²) < 4.78 is 4.76. The molecule has 4 aromatic rings. The number of pyridine rings is 1. The summed E-state index contributed by atoms with van der Waals surface area (Å²) in [6, 6.07) is 32.6. The molecular formula is C39H49N7O8PTc-. The molecule has 4 rings (SSSR count). The van der Waals surface area contributed by atoms with E-state index in [0.29, 0.717) is 50.3 Å². The van der Waals surface area contributed by atoms with Gasteiger partial charge in [-0.2, -0.15) is 0 Å². The van der Waals surface area contributed by atoms with Gasteiger partial charge in [-0.15, -0.1) is 6.54 Å². The van der Waals surface area contributed by atoms with Crippen LogP contribution in [0.3, 0.4) is 0 Å². The van der Waals surface area contributed by atoms with Crippen LogP contribution in [0.1, 0.15) is 40.0 Å². The monoisotopic (exact) mass is 871 g/mol. The summed E-state index contributed by atoms with van der Waals surface area (Å²) in [6.07, 6.45) is 2.95. The minimum Gasteiger partial charge on any atom is -0.652 e. The van der Waals surface area contributed by atoms with Crippen molar-refractivity contribution in [2.24, 2.45) is 0 Å². The number of esters is 1. The van der Waals surface area contributed by atoms with Crippen molar-refractivity contribution in [1.29, 1.82) is 0 Å². The van der Waals surface area contributed by atoms with Crippen molar-refractivity contribution in [3.05, 3.63) is 132 Å². The third kappa shape index (κ3) is 20.6. The van der Waals surface area contributed by atoms with Gasteiger partial charge >= 0.3 is 11.9 Å². The maximum atomic E-state index is 12.3. The van der Waals surface area contributed by atoms with Gasteiger partial charge in [-0.1, -0.05) is 54.6 Å². The summed E-state index contributed by atoms with van der Waals surface area (Å²) in [5.74, 6) is 4.25. The van der Waals surface area contributed by atoms with Crippen LogP contribution in [0.25, 0.3) is 11.2 Å². The Hall–Kier alpha value is -5.08. The first-order valence-electron chi connectivity index (χ1n) is 17.4. The number of amides is 2. The van der Waals surface area contributed by atoms with Crippen molar-refractivity contribution < 1.29 is 59.0 Å². The normalized spacial score (nSPS) is 10.5. The van der Waals surface area contributed by atoms with E-state index in [1.165, 1.54) is 36.0 Å². The van der Waals surface area contributed by atoms with Crippen LogP contribution in [-0.2, 0) is 39.2 Å². The molecule has 301 valence electrons. The second kappa shape index (κ2) is 29.2. The number of anilines is 1. The number of carboxylic acid groups (broad SMARTS) is 2. The Morgan fingerprint density at radius 1 is 0.786 bits per heavy atom. The molecule has 0 aliphatic carbocycles. The third-order valence-electron chi connectivity index (χ3n) is 7.57. The van der Waals surface area contributed by atoms with Gasteiger partial charge in [-0.3, -0.25) is 19.2 Å². The summed E-state index contributed by atoms with van der Waals surface area (Å²) in [7, 11) is 0.717. The van der Waals surface area contributed by atoms with Crippen molar-refractivity contribution in [1.82, 2.24) is 20.9 Å². The molecule has 0 spiro atoms. The molecule has 0 aliphatic rings. The molecule has 15 nitrogen and oxygen atoms in total. The van der Waals surface area contributed by atoms with Gasteiger partial charge in [0.05, 0.1) is 44.4 Å². The first-order valence-corrected chi connectivity index (χ1v) is 19.4. The van der Waals surface area contributed by atoms with Gasteiger partial charge in [0, 0.05) is 38.4 Å². The van der Waals surface area contributed by atoms with Crippen LogP contribution < -0.4 is 32.0 Å². The molecule has 1 atom stereocenters. The van der Waals surface area contributed by atoms with E-state index in [-0.39, 0.29) is 44.7 Å². The van der Waals surface area contributed by atoms with Gasteiger partial charge in [0.15, 0.2) is 0 Å². The number of methoxy groups -OCH3 is 1. The van der Waals surface area contributed by atoms with E-state index in [9.17, 15) is 24.0 Å². The zero-order chi connectivity index (χ0) is 40.3. The van der Waals surface area contributed by atoms with E-state index in [1.807, 2.05) is 6.07 Å². The van der Waals surface area contributed by atoms with E-state index >= 15 is 0 Å². The maximum Gasteiger partial charge on any atom is 0.328 e. The Bertz CT molecular complexity index is 1670. The summed E-state index contributed by atoms with van der Waals surface area (Å²) in [4.78, 5) is 60.1. The molecule has 1 heterocycles. The van der Waals surface area contributed by atoms with Crippen LogP contribution in [0.4, 0.5) is 5.82 Å².